The number of amides is 1. The van der Waals surface area contributed by atoms with Crippen LogP contribution in [0.3, 0.4) is 0 Å². The Kier molecular flexibility index (Phi) is 8.20. The first-order chi connectivity index (χ1) is 18.4. The Morgan fingerprint density at radius 3 is 2.61 bits per heavy atom. The average molecular weight is 503 g/mol. The fraction of sp³-hybridized carbons (Fsp3) is 0.156. The van der Waals surface area contributed by atoms with Gasteiger partial charge in [-0.2, -0.15) is 5.26 Å². The number of carbonyl (C=O) groups is 1. The molecule has 0 aromatic heterocycles. The van der Waals surface area contributed by atoms with Crippen LogP contribution in [0.15, 0.2) is 109 Å². The quantitative estimate of drug-likeness (QED) is 0.232. The third-order valence-corrected chi connectivity index (χ3v) is 6.60. The van der Waals surface area contributed by atoms with E-state index in [1.54, 1.807) is 12.1 Å². The number of guanidine groups is 1. The summed E-state index contributed by atoms with van der Waals surface area (Å²) >= 11 is 0. The van der Waals surface area contributed by atoms with E-state index < -0.39 is 5.92 Å². The van der Waals surface area contributed by atoms with Gasteiger partial charge in [-0.3, -0.25) is 15.1 Å². The molecule has 3 aromatic carbocycles. The molecule has 190 valence electrons. The number of nitriles is 1. The van der Waals surface area contributed by atoms with E-state index >= 15 is 0 Å². The highest BCUT2D eigenvalue weighted by molar-refractivity contribution is 5.98. The van der Waals surface area contributed by atoms with Gasteiger partial charge in [0, 0.05) is 12.0 Å². The van der Waals surface area contributed by atoms with E-state index in [1.807, 2.05) is 91.9 Å². The number of nitrogens with one attached hydrogen (secondary N) is 1. The fourth-order valence-corrected chi connectivity index (χ4v) is 4.66. The number of nitrogens with zero attached hydrogens (tertiary/aromatic N) is 2. The van der Waals surface area contributed by atoms with Gasteiger partial charge >= 0.3 is 0 Å². The van der Waals surface area contributed by atoms with Crippen molar-refractivity contribution in [3.63, 3.8) is 0 Å². The highest BCUT2D eigenvalue weighted by atomic mass is 16.5. The van der Waals surface area contributed by atoms with Crippen molar-refractivity contribution >= 4 is 11.9 Å². The predicted octanol–water partition coefficient (Wildman–Crippen LogP) is 6.07. The molecule has 6 nitrogen and oxygen atoms in total. The molecule has 1 aliphatic rings. The first-order valence-corrected chi connectivity index (χ1v) is 12.4. The molecule has 0 bridgehead atoms. The van der Waals surface area contributed by atoms with Gasteiger partial charge in [-0.25, -0.2) is 0 Å². The molecule has 0 radical (unpaired) electrons. The van der Waals surface area contributed by atoms with Crippen LogP contribution in [0.2, 0.25) is 0 Å². The Balaban J connectivity index is 1.78. The third kappa shape index (κ3) is 5.74. The molecule has 0 fully saturated rings. The summed E-state index contributed by atoms with van der Waals surface area (Å²) in [4.78, 5) is 15.4. The van der Waals surface area contributed by atoms with Gasteiger partial charge in [0.05, 0.1) is 24.1 Å². The maximum absolute atomic E-state index is 14.1. The Morgan fingerprint density at radius 1 is 1.16 bits per heavy atom. The lowest BCUT2D eigenvalue weighted by Gasteiger charge is -2.35. The Hall–Kier alpha value is -4.89. The van der Waals surface area contributed by atoms with Crippen LogP contribution < -0.4 is 10.5 Å². The first kappa shape index (κ1) is 26.2. The zero-order chi connectivity index (χ0) is 27.1. The smallest absolute Gasteiger partial charge is 0.237 e. The van der Waals surface area contributed by atoms with Crippen molar-refractivity contribution < 1.29 is 9.53 Å². The lowest BCUT2D eigenvalue weighted by Crippen LogP contribution is -2.45. The monoisotopic (exact) mass is 502 g/mol. The standard InChI is InChI=1S/C32H30N4O2/c1-3-5-13-24(4-2)30-19-28(31(37)36(32(34)35)21-22-10-7-6-8-11-22)27-18-26(15-16-29(27)38-30)25-14-9-12-23(17-25)20-33/h3-18,28,30H,1,19,21H2,2H3,(H3,34,35)/b13-5-,24-4+. The van der Waals surface area contributed by atoms with Gasteiger partial charge in [0.2, 0.25) is 5.91 Å². The van der Waals surface area contributed by atoms with Gasteiger partial charge < -0.3 is 10.5 Å². The van der Waals surface area contributed by atoms with Crippen molar-refractivity contribution in [2.24, 2.45) is 5.73 Å². The van der Waals surface area contributed by atoms with Crippen LogP contribution >= 0.6 is 0 Å². The summed E-state index contributed by atoms with van der Waals surface area (Å²) in [5.41, 5.74) is 10.8. The summed E-state index contributed by atoms with van der Waals surface area (Å²) in [7, 11) is 0. The molecule has 3 aromatic rings. The lowest BCUT2D eigenvalue weighted by atomic mass is 9.84. The molecule has 3 N–H and O–H groups in total. The molecule has 0 aliphatic carbocycles. The fourth-order valence-electron chi connectivity index (χ4n) is 4.66. The summed E-state index contributed by atoms with van der Waals surface area (Å²) in [6.45, 7) is 5.88. The van der Waals surface area contributed by atoms with Crippen LogP contribution in [0, 0.1) is 16.7 Å². The molecule has 1 heterocycles. The van der Waals surface area contributed by atoms with Crippen molar-refractivity contribution in [2.45, 2.75) is 31.9 Å². The zero-order valence-corrected chi connectivity index (χ0v) is 21.3. The van der Waals surface area contributed by atoms with E-state index in [1.165, 1.54) is 4.90 Å². The number of carbonyl (C=O) groups excluding carboxylic acids is 1. The van der Waals surface area contributed by atoms with Crippen molar-refractivity contribution in [3.8, 4) is 22.9 Å². The van der Waals surface area contributed by atoms with Gasteiger partial charge in [0.1, 0.15) is 11.9 Å². The molecule has 0 spiro atoms. The second-order valence-electron chi connectivity index (χ2n) is 9.02. The maximum atomic E-state index is 14.1. The van der Waals surface area contributed by atoms with Gasteiger partial charge in [0.15, 0.2) is 5.96 Å². The first-order valence-electron chi connectivity index (χ1n) is 12.4. The molecule has 2 atom stereocenters. The minimum absolute atomic E-state index is 0.198. The van der Waals surface area contributed by atoms with E-state index in [9.17, 15) is 10.1 Å². The number of benzene rings is 3. The van der Waals surface area contributed by atoms with Crippen LogP contribution in [0.1, 0.15) is 36.0 Å². The SMILES string of the molecule is C=C/C=C\C(=C/C)C1CC(C(=O)N(Cc2ccccc2)C(=N)N)c2cc(-c3cccc(C#N)c3)ccc2O1. The Labute approximate surface area is 223 Å². The second kappa shape index (κ2) is 11.9. The molecule has 38 heavy (non-hydrogen) atoms. The molecule has 6 heteroatoms. The summed E-state index contributed by atoms with van der Waals surface area (Å²) in [5.74, 6) is -0.557. The van der Waals surface area contributed by atoms with Gasteiger partial charge in [0.25, 0.3) is 0 Å². The number of hydrogen-bond donors (Lipinski definition) is 2. The zero-order valence-electron chi connectivity index (χ0n) is 21.3. The van der Waals surface area contributed by atoms with E-state index in [0.717, 1.165) is 27.8 Å². The minimum Gasteiger partial charge on any atom is -0.485 e. The van der Waals surface area contributed by atoms with Crippen LogP contribution in [-0.2, 0) is 11.3 Å². The molecule has 4 rings (SSSR count). The van der Waals surface area contributed by atoms with Gasteiger partial charge in [-0.05, 0) is 53.5 Å². The highest BCUT2D eigenvalue weighted by Gasteiger charge is 2.37. The number of rotatable bonds is 7. The average Bonchev–Trinajstić information content (AvgIpc) is 2.95. The minimum atomic E-state index is -0.595. The summed E-state index contributed by atoms with van der Waals surface area (Å²) < 4.78 is 6.39. The van der Waals surface area contributed by atoms with Crippen LogP contribution in [0.5, 0.6) is 5.75 Å². The number of allylic oxidation sites excluding steroid dienone is 3. The van der Waals surface area contributed by atoms with E-state index in [4.69, 9.17) is 15.9 Å². The topological polar surface area (TPSA) is 103 Å². The second-order valence-corrected chi connectivity index (χ2v) is 9.02. The largest absolute Gasteiger partial charge is 0.485 e. The Bertz CT molecular complexity index is 1450. The van der Waals surface area contributed by atoms with E-state index in [2.05, 4.69) is 12.6 Å². The Morgan fingerprint density at radius 2 is 1.92 bits per heavy atom. The molecule has 1 aliphatic heterocycles. The normalized spacial score (nSPS) is 16.7. The third-order valence-electron chi connectivity index (χ3n) is 6.60. The van der Waals surface area contributed by atoms with Crippen LogP contribution in [-0.4, -0.2) is 22.9 Å². The van der Waals surface area contributed by atoms with Gasteiger partial charge in [-0.15, -0.1) is 0 Å². The van der Waals surface area contributed by atoms with Crippen molar-refractivity contribution in [3.05, 3.63) is 126 Å². The molecular formula is C32H30N4O2. The molecule has 0 saturated carbocycles. The van der Waals surface area contributed by atoms with Crippen LogP contribution in [0.25, 0.3) is 11.1 Å². The molecule has 1 amide bonds. The summed E-state index contributed by atoms with van der Waals surface area (Å²) in [6, 6.07) is 24.8. The summed E-state index contributed by atoms with van der Waals surface area (Å²) in [6.07, 6.45) is 7.45. The molecule has 0 saturated heterocycles. The van der Waals surface area contributed by atoms with Crippen molar-refractivity contribution in [2.75, 3.05) is 0 Å². The van der Waals surface area contributed by atoms with Crippen molar-refractivity contribution in [1.29, 1.82) is 10.7 Å². The predicted molar refractivity (Wildman–Crippen MR) is 150 cm³/mol. The highest BCUT2D eigenvalue weighted by Crippen LogP contribution is 2.42. The maximum Gasteiger partial charge on any atom is 0.237 e. The number of nitrogens with two attached hydrogens (primary N) is 1. The van der Waals surface area contributed by atoms with Crippen molar-refractivity contribution in [1.82, 2.24) is 4.90 Å². The number of fused-ring (bicyclic) bond motifs is 1. The van der Waals surface area contributed by atoms with Crippen LogP contribution in [0.4, 0.5) is 0 Å². The van der Waals surface area contributed by atoms with E-state index in [-0.39, 0.29) is 24.5 Å². The number of ether oxygens (including phenoxy) is 1. The number of hydrogen-bond acceptors (Lipinski definition) is 4. The molecule has 2 unspecified atom stereocenters. The lowest BCUT2D eigenvalue weighted by molar-refractivity contribution is -0.130. The molecular weight excluding hydrogens is 472 g/mol. The van der Waals surface area contributed by atoms with E-state index in [0.29, 0.717) is 17.7 Å². The van der Waals surface area contributed by atoms with Gasteiger partial charge in [-0.1, -0.05) is 79.4 Å². The summed E-state index contributed by atoms with van der Waals surface area (Å²) in [5, 5.41) is 17.6.